The van der Waals surface area contributed by atoms with Crippen LogP contribution in [0.3, 0.4) is 0 Å². The molecule has 0 saturated heterocycles. The number of benzene rings is 1. The van der Waals surface area contributed by atoms with Crippen LogP contribution in [0.1, 0.15) is 23.2 Å². The summed E-state index contributed by atoms with van der Waals surface area (Å²) in [6.45, 7) is 3.88. The number of carbonyl (C=O) groups excluding carboxylic acids is 2. The molecule has 0 spiro atoms. The third-order valence-electron chi connectivity index (χ3n) is 3.12. The monoisotopic (exact) mass is 345 g/mol. The first-order valence-corrected chi connectivity index (χ1v) is 8.24. The van der Waals surface area contributed by atoms with Crippen molar-refractivity contribution in [3.05, 3.63) is 52.0 Å². The Morgan fingerprint density at radius 1 is 1.46 bits per heavy atom. The summed E-state index contributed by atoms with van der Waals surface area (Å²) >= 11 is 1.58. The standard InChI is InChI=1S/C17H19N3O3S/c1-11(17(18)22)19-16(21)7-6-13-4-3-5-15(8-13)23-9-14-10-24-12(2)20-14/h3-8,10-11H,9H2,1-2H3,(H2,18,22)(H,19,21). The van der Waals surface area contributed by atoms with Gasteiger partial charge in [0.25, 0.3) is 0 Å². The summed E-state index contributed by atoms with van der Waals surface area (Å²) in [6.07, 6.45) is 2.99. The van der Waals surface area contributed by atoms with E-state index < -0.39 is 11.9 Å². The van der Waals surface area contributed by atoms with E-state index >= 15 is 0 Å². The number of amides is 2. The molecule has 24 heavy (non-hydrogen) atoms. The van der Waals surface area contributed by atoms with Gasteiger partial charge in [-0.1, -0.05) is 12.1 Å². The van der Waals surface area contributed by atoms with E-state index in [9.17, 15) is 9.59 Å². The second kappa shape index (κ2) is 8.26. The zero-order valence-electron chi connectivity index (χ0n) is 13.5. The fraction of sp³-hybridized carbons (Fsp3) is 0.235. The van der Waals surface area contributed by atoms with Crippen molar-refractivity contribution in [2.24, 2.45) is 5.73 Å². The molecule has 3 N–H and O–H groups in total. The Bertz CT molecular complexity index is 755. The maximum absolute atomic E-state index is 11.7. The Balaban J connectivity index is 1.93. The summed E-state index contributed by atoms with van der Waals surface area (Å²) in [5, 5.41) is 5.44. The number of hydrogen-bond donors (Lipinski definition) is 2. The number of aromatic nitrogens is 1. The van der Waals surface area contributed by atoms with Gasteiger partial charge in [-0.25, -0.2) is 4.98 Å². The lowest BCUT2D eigenvalue weighted by molar-refractivity contribution is -0.124. The molecule has 0 aliphatic rings. The molecule has 2 aromatic rings. The second-order valence-corrected chi connectivity index (χ2v) is 6.25. The van der Waals surface area contributed by atoms with E-state index in [2.05, 4.69) is 10.3 Å². The summed E-state index contributed by atoms with van der Waals surface area (Å²) in [7, 11) is 0. The molecule has 2 amide bonds. The Labute approximate surface area is 144 Å². The lowest BCUT2D eigenvalue weighted by Gasteiger charge is -2.07. The van der Waals surface area contributed by atoms with Gasteiger partial charge in [0.1, 0.15) is 18.4 Å². The van der Waals surface area contributed by atoms with E-state index in [0.717, 1.165) is 16.3 Å². The Morgan fingerprint density at radius 3 is 2.92 bits per heavy atom. The van der Waals surface area contributed by atoms with Crippen molar-refractivity contribution in [2.75, 3.05) is 0 Å². The second-order valence-electron chi connectivity index (χ2n) is 5.19. The van der Waals surface area contributed by atoms with Crippen molar-refractivity contribution in [3.8, 4) is 5.75 Å². The van der Waals surface area contributed by atoms with Gasteiger partial charge >= 0.3 is 0 Å². The molecular weight excluding hydrogens is 326 g/mol. The maximum Gasteiger partial charge on any atom is 0.244 e. The van der Waals surface area contributed by atoms with Gasteiger partial charge in [0.2, 0.25) is 11.8 Å². The summed E-state index contributed by atoms with van der Waals surface area (Å²) in [5.74, 6) is -0.274. The van der Waals surface area contributed by atoms with Gasteiger partial charge in [-0.3, -0.25) is 9.59 Å². The Morgan fingerprint density at radius 2 is 2.25 bits per heavy atom. The molecule has 1 atom stereocenters. The van der Waals surface area contributed by atoms with Crippen LogP contribution in [0.25, 0.3) is 6.08 Å². The topological polar surface area (TPSA) is 94.3 Å². The first kappa shape index (κ1) is 17.7. The van der Waals surface area contributed by atoms with Gasteiger partial charge in [0, 0.05) is 11.5 Å². The summed E-state index contributed by atoms with van der Waals surface area (Å²) in [5.41, 5.74) is 6.79. The van der Waals surface area contributed by atoms with E-state index in [4.69, 9.17) is 10.5 Å². The molecule has 0 fully saturated rings. The highest BCUT2D eigenvalue weighted by Gasteiger charge is 2.09. The molecule has 1 aromatic heterocycles. The van der Waals surface area contributed by atoms with Crippen LogP contribution in [-0.2, 0) is 16.2 Å². The normalized spacial score (nSPS) is 12.1. The van der Waals surface area contributed by atoms with Crippen molar-refractivity contribution in [3.63, 3.8) is 0 Å². The fourth-order valence-electron chi connectivity index (χ4n) is 1.84. The molecule has 1 unspecified atom stereocenters. The average molecular weight is 345 g/mol. The number of nitrogens with one attached hydrogen (secondary N) is 1. The van der Waals surface area contributed by atoms with E-state index in [-0.39, 0.29) is 5.91 Å². The first-order chi connectivity index (χ1) is 11.4. The molecule has 6 nitrogen and oxygen atoms in total. The van der Waals surface area contributed by atoms with Crippen molar-refractivity contribution in [1.29, 1.82) is 0 Å². The molecular formula is C17H19N3O3S. The summed E-state index contributed by atoms with van der Waals surface area (Å²) < 4.78 is 5.70. The quantitative estimate of drug-likeness (QED) is 0.751. The number of nitrogens with two attached hydrogens (primary N) is 1. The van der Waals surface area contributed by atoms with Gasteiger partial charge in [-0.2, -0.15) is 0 Å². The van der Waals surface area contributed by atoms with Gasteiger partial charge < -0.3 is 15.8 Å². The highest BCUT2D eigenvalue weighted by Crippen LogP contribution is 2.17. The first-order valence-electron chi connectivity index (χ1n) is 7.36. The molecule has 0 bridgehead atoms. The molecule has 7 heteroatoms. The van der Waals surface area contributed by atoms with E-state index in [1.807, 2.05) is 36.6 Å². The molecule has 0 saturated carbocycles. The minimum Gasteiger partial charge on any atom is -0.487 e. The summed E-state index contributed by atoms with van der Waals surface area (Å²) in [6, 6.07) is 6.64. The number of aryl methyl sites for hydroxylation is 1. The van der Waals surface area contributed by atoms with Crippen LogP contribution in [0.5, 0.6) is 5.75 Å². The van der Waals surface area contributed by atoms with Crippen molar-refractivity contribution in [2.45, 2.75) is 26.5 Å². The molecule has 0 radical (unpaired) electrons. The average Bonchev–Trinajstić information content (AvgIpc) is 2.97. The Hall–Kier alpha value is -2.67. The van der Waals surface area contributed by atoms with Crippen molar-refractivity contribution in [1.82, 2.24) is 10.3 Å². The van der Waals surface area contributed by atoms with E-state index in [1.54, 1.807) is 17.4 Å². The fourth-order valence-corrected chi connectivity index (χ4v) is 2.44. The number of ether oxygens (including phenoxy) is 1. The summed E-state index contributed by atoms with van der Waals surface area (Å²) in [4.78, 5) is 26.9. The van der Waals surface area contributed by atoms with Gasteiger partial charge in [-0.05, 0) is 37.6 Å². The number of thiazole rings is 1. The number of hydrogen-bond acceptors (Lipinski definition) is 5. The number of primary amides is 1. The molecule has 1 heterocycles. The molecule has 1 aromatic carbocycles. The number of rotatable bonds is 7. The van der Waals surface area contributed by atoms with Crippen LogP contribution in [0.15, 0.2) is 35.7 Å². The Kier molecular flexibility index (Phi) is 6.08. The maximum atomic E-state index is 11.7. The predicted molar refractivity (Wildman–Crippen MR) is 93.5 cm³/mol. The zero-order valence-corrected chi connectivity index (χ0v) is 14.3. The van der Waals surface area contributed by atoms with Crippen LogP contribution in [0.4, 0.5) is 0 Å². The number of nitrogens with zero attached hydrogens (tertiary/aromatic N) is 1. The number of carbonyl (C=O) groups is 2. The van der Waals surface area contributed by atoms with Gasteiger partial charge in [0.15, 0.2) is 0 Å². The van der Waals surface area contributed by atoms with E-state index in [1.165, 1.54) is 13.0 Å². The minimum atomic E-state index is -0.710. The van der Waals surface area contributed by atoms with Gasteiger partial charge in [-0.15, -0.1) is 11.3 Å². The highest BCUT2D eigenvalue weighted by atomic mass is 32.1. The molecule has 2 rings (SSSR count). The lowest BCUT2D eigenvalue weighted by Crippen LogP contribution is -2.41. The van der Waals surface area contributed by atoms with Crippen LogP contribution in [0.2, 0.25) is 0 Å². The molecule has 0 aliphatic heterocycles. The van der Waals surface area contributed by atoms with Gasteiger partial charge in [0.05, 0.1) is 10.7 Å². The highest BCUT2D eigenvalue weighted by molar-refractivity contribution is 7.09. The lowest BCUT2D eigenvalue weighted by atomic mass is 10.2. The van der Waals surface area contributed by atoms with Crippen LogP contribution in [-0.4, -0.2) is 22.8 Å². The third kappa shape index (κ3) is 5.51. The smallest absolute Gasteiger partial charge is 0.244 e. The van der Waals surface area contributed by atoms with Crippen LogP contribution in [0, 0.1) is 6.92 Å². The predicted octanol–water partition coefficient (Wildman–Crippen LogP) is 2.03. The minimum absolute atomic E-state index is 0.384. The third-order valence-corrected chi connectivity index (χ3v) is 3.95. The zero-order chi connectivity index (χ0) is 17.5. The van der Waals surface area contributed by atoms with Crippen molar-refractivity contribution >= 4 is 29.2 Å². The largest absolute Gasteiger partial charge is 0.487 e. The molecule has 0 aliphatic carbocycles. The van der Waals surface area contributed by atoms with Crippen LogP contribution >= 0.6 is 11.3 Å². The van der Waals surface area contributed by atoms with Crippen LogP contribution < -0.4 is 15.8 Å². The molecule has 126 valence electrons. The van der Waals surface area contributed by atoms with Crippen molar-refractivity contribution < 1.29 is 14.3 Å². The van der Waals surface area contributed by atoms with E-state index in [0.29, 0.717) is 12.4 Å². The SMILES string of the molecule is Cc1nc(COc2cccc(C=CC(=O)NC(C)C(N)=O)c2)cs1.